The molecule has 0 unspecified atom stereocenters. The van der Waals surface area contributed by atoms with Crippen LogP contribution in [0.25, 0.3) is 0 Å². The van der Waals surface area contributed by atoms with Crippen LogP contribution >= 0.6 is 23.7 Å². The predicted octanol–water partition coefficient (Wildman–Crippen LogP) is 2.03. The maximum atomic E-state index is 12.8. The minimum Gasteiger partial charge on any atom is -0.478 e. The van der Waals surface area contributed by atoms with Gasteiger partial charge in [-0.2, -0.15) is 9.49 Å². The van der Waals surface area contributed by atoms with E-state index >= 15 is 0 Å². The minimum absolute atomic E-state index is 0. The number of thiophene rings is 1. The number of hydrogen-bond acceptors (Lipinski definition) is 4. The van der Waals surface area contributed by atoms with E-state index in [2.05, 4.69) is 10.4 Å². The molecular formula is C11H13ClFN3O2S. The summed E-state index contributed by atoms with van der Waals surface area (Å²) in [7, 11) is 1.69. The lowest BCUT2D eigenvalue weighted by atomic mass is 10.2. The number of carboxylic acid groups (broad SMARTS) is 1. The van der Waals surface area contributed by atoms with E-state index in [9.17, 15) is 9.18 Å². The van der Waals surface area contributed by atoms with Gasteiger partial charge in [-0.3, -0.25) is 4.68 Å². The number of carboxylic acids is 1. The molecule has 2 rings (SSSR count). The molecule has 0 radical (unpaired) electrons. The number of hydrogen-bond donors (Lipinski definition) is 2. The van der Waals surface area contributed by atoms with Crippen molar-refractivity contribution in [3.63, 3.8) is 0 Å². The van der Waals surface area contributed by atoms with Gasteiger partial charge in [-0.15, -0.1) is 23.7 Å². The Hall–Kier alpha value is -1.44. The third-order valence-corrected chi connectivity index (χ3v) is 3.39. The zero-order valence-electron chi connectivity index (χ0n) is 10.1. The topological polar surface area (TPSA) is 67.2 Å². The first-order chi connectivity index (χ1) is 8.58. The number of aryl methyl sites for hydroxylation is 1. The second-order valence-corrected chi connectivity index (χ2v) is 4.86. The standard InChI is InChI=1S/C11H12FN3O2S.ClH/c1-15-9(8(5-14-15)11(16)17)6-13-4-7-2-3-10(12)18-7;/h2-3,5,13H,4,6H2,1H3,(H,16,17);1H. The van der Waals surface area contributed by atoms with E-state index in [0.29, 0.717) is 18.8 Å². The highest BCUT2D eigenvalue weighted by atomic mass is 35.5. The van der Waals surface area contributed by atoms with Crippen LogP contribution in [0.5, 0.6) is 0 Å². The van der Waals surface area contributed by atoms with Gasteiger partial charge in [0.1, 0.15) is 5.56 Å². The fraction of sp³-hybridized carbons (Fsp3) is 0.273. The zero-order chi connectivity index (χ0) is 13.1. The van der Waals surface area contributed by atoms with Crippen LogP contribution in [0.3, 0.4) is 0 Å². The van der Waals surface area contributed by atoms with Gasteiger partial charge in [0.05, 0.1) is 11.9 Å². The Morgan fingerprint density at radius 1 is 1.53 bits per heavy atom. The summed E-state index contributed by atoms with van der Waals surface area (Å²) in [6.45, 7) is 0.872. The van der Waals surface area contributed by atoms with Crippen molar-refractivity contribution in [1.29, 1.82) is 0 Å². The number of rotatable bonds is 5. The van der Waals surface area contributed by atoms with Gasteiger partial charge in [-0.05, 0) is 12.1 Å². The van der Waals surface area contributed by atoms with Crippen molar-refractivity contribution in [3.8, 4) is 0 Å². The van der Waals surface area contributed by atoms with E-state index in [1.54, 1.807) is 13.1 Å². The van der Waals surface area contributed by atoms with Crippen LogP contribution in [0.2, 0.25) is 0 Å². The third kappa shape index (κ3) is 3.76. The van der Waals surface area contributed by atoms with Crippen LogP contribution in [-0.4, -0.2) is 20.9 Å². The molecule has 0 aliphatic rings. The van der Waals surface area contributed by atoms with Gasteiger partial charge >= 0.3 is 5.97 Å². The number of carbonyl (C=O) groups is 1. The first-order valence-electron chi connectivity index (χ1n) is 5.27. The Morgan fingerprint density at radius 3 is 2.84 bits per heavy atom. The highest BCUT2D eigenvalue weighted by molar-refractivity contribution is 7.10. The summed E-state index contributed by atoms with van der Waals surface area (Å²) < 4.78 is 14.3. The molecule has 2 aromatic heterocycles. The van der Waals surface area contributed by atoms with Gasteiger partial charge in [-0.25, -0.2) is 4.79 Å². The molecule has 104 valence electrons. The predicted molar refractivity (Wildman–Crippen MR) is 72.2 cm³/mol. The smallest absolute Gasteiger partial charge is 0.339 e. The molecule has 0 atom stereocenters. The third-order valence-electron chi connectivity index (χ3n) is 2.51. The molecule has 0 saturated carbocycles. The van der Waals surface area contributed by atoms with Crippen LogP contribution < -0.4 is 5.32 Å². The lowest BCUT2D eigenvalue weighted by molar-refractivity contribution is 0.0695. The molecule has 19 heavy (non-hydrogen) atoms. The van der Waals surface area contributed by atoms with Gasteiger partial charge in [-0.1, -0.05) is 0 Å². The normalized spacial score (nSPS) is 10.2. The van der Waals surface area contributed by atoms with Gasteiger partial charge < -0.3 is 10.4 Å². The molecular weight excluding hydrogens is 293 g/mol. The van der Waals surface area contributed by atoms with Crippen molar-refractivity contribution in [2.24, 2.45) is 7.05 Å². The molecule has 2 N–H and O–H groups in total. The Morgan fingerprint density at radius 2 is 2.26 bits per heavy atom. The highest BCUT2D eigenvalue weighted by Crippen LogP contribution is 2.14. The van der Waals surface area contributed by atoms with Crippen LogP contribution in [-0.2, 0) is 20.1 Å². The average molecular weight is 306 g/mol. The van der Waals surface area contributed by atoms with Crippen LogP contribution in [0.15, 0.2) is 18.3 Å². The monoisotopic (exact) mass is 305 g/mol. The van der Waals surface area contributed by atoms with Crippen LogP contribution in [0.4, 0.5) is 4.39 Å². The molecule has 0 saturated heterocycles. The second kappa shape index (κ2) is 6.65. The highest BCUT2D eigenvalue weighted by Gasteiger charge is 2.14. The number of aromatic carboxylic acids is 1. The Kier molecular flexibility index (Phi) is 5.46. The molecule has 0 bridgehead atoms. The van der Waals surface area contributed by atoms with Gasteiger partial charge in [0.2, 0.25) is 0 Å². The molecule has 0 aliphatic heterocycles. The summed E-state index contributed by atoms with van der Waals surface area (Å²) >= 11 is 1.07. The second-order valence-electron chi connectivity index (χ2n) is 3.74. The molecule has 5 nitrogen and oxygen atoms in total. The van der Waals surface area contributed by atoms with E-state index in [4.69, 9.17) is 5.11 Å². The Bertz CT molecular complexity index is 570. The quantitative estimate of drug-likeness (QED) is 0.887. The summed E-state index contributed by atoms with van der Waals surface area (Å²) in [5, 5.41) is 15.7. The lowest BCUT2D eigenvalue weighted by Gasteiger charge is -2.05. The molecule has 0 amide bonds. The fourth-order valence-corrected chi connectivity index (χ4v) is 2.30. The summed E-state index contributed by atoms with van der Waals surface area (Å²) in [4.78, 5) is 11.8. The Labute approximate surface area is 119 Å². The van der Waals surface area contributed by atoms with E-state index in [1.807, 2.05) is 0 Å². The number of nitrogens with zero attached hydrogens (tertiary/aromatic N) is 2. The maximum absolute atomic E-state index is 12.8. The zero-order valence-corrected chi connectivity index (χ0v) is 11.7. The first-order valence-corrected chi connectivity index (χ1v) is 6.08. The largest absolute Gasteiger partial charge is 0.478 e. The molecule has 0 aliphatic carbocycles. The van der Waals surface area contributed by atoms with Crippen molar-refractivity contribution in [2.45, 2.75) is 13.1 Å². The van der Waals surface area contributed by atoms with Crippen molar-refractivity contribution in [1.82, 2.24) is 15.1 Å². The maximum Gasteiger partial charge on any atom is 0.339 e. The van der Waals surface area contributed by atoms with Crippen molar-refractivity contribution in [2.75, 3.05) is 0 Å². The van der Waals surface area contributed by atoms with Gasteiger partial charge in [0.25, 0.3) is 0 Å². The average Bonchev–Trinajstić information content (AvgIpc) is 2.87. The molecule has 0 spiro atoms. The van der Waals surface area contributed by atoms with Crippen LogP contribution in [0, 0.1) is 5.13 Å². The summed E-state index contributed by atoms with van der Waals surface area (Å²) in [5.74, 6) is -0.998. The van der Waals surface area contributed by atoms with Crippen molar-refractivity contribution >= 4 is 29.7 Å². The van der Waals surface area contributed by atoms with E-state index in [1.165, 1.54) is 16.9 Å². The summed E-state index contributed by atoms with van der Waals surface area (Å²) in [5.41, 5.74) is 0.780. The van der Waals surface area contributed by atoms with Crippen LogP contribution in [0.1, 0.15) is 20.9 Å². The van der Waals surface area contributed by atoms with E-state index in [0.717, 1.165) is 16.2 Å². The number of aromatic nitrogens is 2. The molecule has 0 fully saturated rings. The Balaban J connectivity index is 0.00000180. The molecule has 8 heteroatoms. The molecule has 2 aromatic rings. The van der Waals surface area contributed by atoms with E-state index < -0.39 is 5.97 Å². The summed E-state index contributed by atoms with van der Waals surface area (Å²) in [6, 6.07) is 3.11. The number of nitrogens with one attached hydrogen (secondary N) is 1. The SMILES string of the molecule is Cl.Cn1ncc(C(=O)O)c1CNCc1ccc(F)s1. The summed E-state index contributed by atoms with van der Waals surface area (Å²) in [6.07, 6.45) is 1.32. The number of halogens is 2. The lowest BCUT2D eigenvalue weighted by Crippen LogP contribution is -2.17. The van der Waals surface area contributed by atoms with Gasteiger partial charge in [0, 0.05) is 25.0 Å². The van der Waals surface area contributed by atoms with Crippen molar-refractivity contribution < 1.29 is 14.3 Å². The van der Waals surface area contributed by atoms with E-state index in [-0.39, 0.29) is 23.1 Å². The molecule has 2 heterocycles. The fourth-order valence-electron chi connectivity index (χ4n) is 1.60. The minimum atomic E-state index is -0.998. The molecule has 0 aromatic carbocycles. The van der Waals surface area contributed by atoms with Crippen molar-refractivity contribution in [3.05, 3.63) is 39.6 Å². The van der Waals surface area contributed by atoms with Gasteiger partial charge in [0.15, 0.2) is 5.13 Å². The first kappa shape index (κ1) is 15.6.